The van der Waals surface area contributed by atoms with Gasteiger partial charge < -0.3 is 9.32 Å². The number of hydrogen-bond donors (Lipinski definition) is 0. The Morgan fingerprint density at radius 1 is 1.64 bits per heavy atom. The largest absolute Gasteiger partial charge is 0.472 e. The van der Waals surface area contributed by atoms with Gasteiger partial charge in [0.1, 0.15) is 6.26 Å². The number of rotatable bonds is 1. The van der Waals surface area contributed by atoms with Crippen molar-refractivity contribution in [2.24, 2.45) is 0 Å². The van der Waals surface area contributed by atoms with E-state index in [4.69, 9.17) is 4.42 Å². The van der Waals surface area contributed by atoms with E-state index in [2.05, 4.69) is 0 Å². The SMILES string of the molecule is O=C(c1ccoc1)N1CC2CC1CS2. The van der Waals surface area contributed by atoms with Crippen molar-refractivity contribution in [3.8, 4) is 0 Å². The molecule has 4 heteroatoms. The molecule has 2 unspecified atom stereocenters. The van der Waals surface area contributed by atoms with Crippen molar-refractivity contribution >= 4 is 17.7 Å². The Morgan fingerprint density at radius 3 is 3.14 bits per heavy atom. The predicted octanol–water partition coefficient (Wildman–Crippen LogP) is 1.61. The molecule has 74 valence electrons. The van der Waals surface area contributed by atoms with E-state index >= 15 is 0 Å². The number of furan rings is 1. The highest BCUT2D eigenvalue weighted by molar-refractivity contribution is 8.00. The Bertz CT molecular complexity index is 349. The first-order chi connectivity index (χ1) is 6.84. The van der Waals surface area contributed by atoms with Gasteiger partial charge in [-0.15, -0.1) is 0 Å². The molecule has 0 aromatic carbocycles. The van der Waals surface area contributed by atoms with E-state index in [0.717, 1.165) is 12.3 Å². The first-order valence-corrected chi connectivity index (χ1v) is 5.84. The van der Waals surface area contributed by atoms with Crippen molar-refractivity contribution in [2.45, 2.75) is 17.7 Å². The maximum atomic E-state index is 12.0. The molecular formula is C10H11NO2S. The van der Waals surface area contributed by atoms with Crippen molar-refractivity contribution in [1.82, 2.24) is 4.90 Å². The summed E-state index contributed by atoms with van der Waals surface area (Å²) in [5.74, 6) is 1.24. The molecule has 14 heavy (non-hydrogen) atoms. The van der Waals surface area contributed by atoms with Crippen LogP contribution in [0, 0.1) is 0 Å². The molecule has 0 aliphatic carbocycles. The van der Waals surface area contributed by atoms with Crippen LogP contribution in [0.15, 0.2) is 23.0 Å². The summed E-state index contributed by atoms with van der Waals surface area (Å²) < 4.78 is 4.92. The summed E-state index contributed by atoms with van der Waals surface area (Å²) in [5.41, 5.74) is 0.683. The number of nitrogens with zero attached hydrogens (tertiary/aromatic N) is 1. The minimum absolute atomic E-state index is 0.131. The van der Waals surface area contributed by atoms with Crippen LogP contribution in [-0.4, -0.2) is 34.4 Å². The Morgan fingerprint density at radius 2 is 2.57 bits per heavy atom. The van der Waals surface area contributed by atoms with Crippen LogP contribution >= 0.6 is 11.8 Å². The standard InChI is InChI=1S/C10H11NO2S/c12-10(7-1-2-13-5-7)11-4-9-3-8(11)6-14-9/h1-2,5,8-9H,3-4,6H2. The van der Waals surface area contributed by atoms with Crippen LogP contribution in [0.4, 0.5) is 0 Å². The lowest BCUT2D eigenvalue weighted by molar-refractivity contribution is 0.0747. The number of hydrogen-bond acceptors (Lipinski definition) is 3. The molecule has 3 rings (SSSR count). The van der Waals surface area contributed by atoms with Gasteiger partial charge in [0.05, 0.1) is 11.8 Å². The fourth-order valence-electron chi connectivity index (χ4n) is 2.20. The summed E-state index contributed by atoms with van der Waals surface area (Å²) in [6, 6.07) is 2.20. The molecule has 2 aliphatic heterocycles. The van der Waals surface area contributed by atoms with Gasteiger partial charge in [0.25, 0.3) is 5.91 Å². The molecule has 3 nitrogen and oxygen atoms in total. The lowest BCUT2D eigenvalue weighted by Gasteiger charge is -2.25. The smallest absolute Gasteiger partial charge is 0.257 e. The molecule has 0 saturated carbocycles. The predicted molar refractivity (Wildman–Crippen MR) is 54.4 cm³/mol. The average Bonchev–Trinajstić information content (AvgIpc) is 2.93. The summed E-state index contributed by atoms with van der Waals surface area (Å²) in [6.45, 7) is 0.916. The second-order valence-corrected chi connectivity index (χ2v) is 5.15. The first kappa shape index (κ1) is 8.41. The second kappa shape index (κ2) is 3.05. The highest BCUT2D eigenvalue weighted by atomic mass is 32.2. The molecule has 1 aromatic heterocycles. The summed E-state index contributed by atoms with van der Waals surface area (Å²) in [4.78, 5) is 13.9. The minimum Gasteiger partial charge on any atom is -0.472 e. The fraction of sp³-hybridized carbons (Fsp3) is 0.500. The molecule has 2 saturated heterocycles. The molecule has 2 aliphatic rings. The summed E-state index contributed by atoms with van der Waals surface area (Å²) in [5, 5.41) is 0.677. The van der Waals surface area contributed by atoms with Crippen LogP contribution in [0.1, 0.15) is 16.8 Å². The maximum Gasteiger partial charge on any atom is 0.257 e. The van der Waals surface area contributed by atoms with Crippen LogP contribution in [0.2, 0.25) is 0 Å². The monoisotopic (exact) mass is 209 g/mol. The van der Waals surface area contributed by atoms with E-state index in [1.54, 1.807) is 12.3 Å². The number of carbonyl (C=O) groups excluding carboxylic acids is 1. The summed E-state index contributed by atoms with van der Waals surface area (Å²) >= 11 is 1.99. The van der Waals surface area contributed by atoms with Crippen LogP contribution in [0.25, 0.3) is 0 Å². The van der Waals surface area contributed by atoms with Gasteiger partial charge in [0.15, 0.2) is 0 Å². The number of fused-ring (bicyclic) bond motifs is 2. The van der Waals surface area contributed by atoms with Crippen molar-refractivity contribution in [3.05, 3.63) is 24.2 Å². The van der Waals surface area contributed by atoms with Crippen LogP contribution in [-0.2, 0) is 0 Å². The average molecular weight is 209 g/mol. The zero-order chi connectivity index (χ0) is 9.54. The van der Waals surface area contributed by atoms with Crippen LogP contribution in [0.3, 0.4) is 0 Å². The molecule has 2 atom stereocenters. The number of carbonyl (C=O) groups is 1. The number of amides is 1. The van der Waals surface area contributed by atoms with Gasteiger partial charge in [0.2, 0.25) is 0 Å². The van der Waals surface area contributed by atoms with Crippen LogP contribution < -0.4 is 0 Å². The highest BCUT2D eigenvalue weighted by Crippen LogP contribution is 2.37. The fourth-order valence-corrected chi connectivity index (χ4v) is 3.63. The summed E-state index contributed by atoms with van der Waals surface area (Å²) in [7, 11) is 0. The Hall–Kier alpha value is -0.900. The van der Waals surface area contributed by atoms with Gasteiger partial charge in [-0.3, -0.25) is 4.79 Å². The molecular weight excluding hydrogens is 198 g/mol. The van der Waals surface area contributed by atoms with E-state index in [9.17, 15) is 4.79 Å². The van der Waals surface area contributed by atoms with Crippen molar-refractivity contribution in [3.63, 3.8) is 0 Å². The number of thioether (sulfide) groups is 1. The molecule has 0 spiro atoms. The molecule has 2 fully saturated rings. The van der Waals surface area contributed by atoms with Gasteiger partial charge in [-0.25, -0.2) is 0 Å². The molecule has 1 aromatic rings. The van der Waals surface area contributed by atoms with E-state index < -0.39 is 0 Å². The summed E-state index contributed by atoms with van der Waals surface area (Å²) in [6.07, 6.45) is 4.26. The van der Waals surface area contributed by atoms with Crippen molar-refractivity contribution in [2.75, 3.05) is 12.3 Å². The zero-order valence-corrected chi connectivity index (χ0v) is 8.50. The number of likely N-dealkylation sites (tertiary alicyclic amines) is 1. The van der Waals surface area contributed by atoms with Gasteiger partial charge in [0, 0.05) is 23.6 Å². The first-order valence-electron chi connectivity index (χ1n) is 4.79. The molecule has 1 amide bonds. The Labute approximate surface area is 86.4 Å². The van der Waals surface area contributed by atoms with E-state index in [0.29, 0.717) is 16.9 Å². The third kappa shape index (κ3) is 1.17. The van der Waals surface area contributed by atoms with Gasteiger partial charge in [-0.1, -0.05) is 0 Å². The van der Waals surface area contributed by atoms with Gasteiger partial charge >= 0.3 is 0 Å². The molecule has 0 N–H and O–H groups in total. The Kier molecular flexibility index (Phi) is 1.83. The van der Waals surface area contributed by atoms with Gasteiger partial charge in [-0.2, -0.15) is 11.8 Å². The second-order valence-electron chi connectivity index (χ2n) is 3.81. The molecule has 0 radical (unpaired) electrons. The minimum atomic E-state index is 0.131. The van der Waals surface area contributed by atoms with E-state index in [-0.39, 0.29) is 5.91 Å². The highest BCUT2D eigenvalue weighted by Gasteiger charge is 2.41. The lowest BCUT2D eigenvalue weighted by Crippen LogP contribution is -2.38. The molecule has 3 heterocycles. The Balaban J connectivity index is 1.81. The topological polar surface area (TPSA) is 33.5 Å². The van der Waals surface area contributed by atoms with E-state index in [1.807, 2.05) is 16.7 Å². The normalized spacial score (nSPS) is 29.9. The zero-order valence-electron chi connectivity index (χ0n) is 7.68. The van der Waals surface area contributed by atoms with E-state index in [1.165, 1.54) is 12.7 Å². The van der Waals surface area contributed by atoms with Crippen molar-refractivity contribution in [1.29, 1.82) is 0 Å². The third-order valence-corrected chi connectivity index (χ3v) is 4.32. The lowest BCUT2D eigenvalue weighted by atomic mass is 10.2. The van der Waals surface area contributed by atoms with Crippen LogP contribution in [0.5, 0.6) is 0 Å². The van der Waals surface area contributed by atoms with Crippen molar-refractivity contribution < 1.29 is 9.21 Å². The maximum absolute atomic E-state index is 12.0. The van der Waals surface area contributed by atoms with Gasteiger partial charge in [-0.05, 0) is 12.5 Å². The quantitative estimate of drug-likeness (QED) is 0.704. The third-order valence-electron chi connectivity index (χ3n) is 2.93. The molecule has 2 bridgehead atoms.